The van der Waals surface area contributed by atoms with E-state index < -0.39 is 0 Å². The molecule has 0 amide bonds. The maximum atomic E-state index is 8.87. The molecule has 5 nitrogen and oxygen atoms in total. The van der Waals surface area contributed by atoms with Crippen LogP contribution in [0.25, 0.3) is 0 Å². The molecule has 88 valence electrons. The summed E-state index contributed by atoms with van der Waals surface area (Å²) < 4.78 is 5.78. The number of morpholine rings is 1. The Hall–Kier alpha value is -1.67. The topological polar surface area (TPSA) is 62.0 Å². The fourth-order valence-corrected chi connectivity index (χ4v) is 2.31. The zero-order chi connectivity index (χ0) is 11.9. The monoisotopic (exact) mass is 230 g/mol. The van der Waals surface area contributed by atoms with Gasteiger partial charge in [0.15, 0.2) is 5.69 Å². The van der Waals surface area contributed by atoms with Gasteiger partial charge in [0.25, 0.3) is 0 Å². The number of anilines is 1. The number of nitriles is 1. The third-order valence-corrected chi connectivity index (χ3v) is 3.46. The second-order valence-electron chi connectivity index (χ2n) is 4.77. The average molecular weight is 230 g/mol. The molecule has 0 atom stereocenters. The standard InChI is InChI=1S/C12H14N4O/c1-9-11(6-10(7-13)15-14-9)16-4-5-17-12(8-16)2-3-12/h6H,2-5,8H2,1H3. The van der Waals surface area contributed by atoms with E-state index in [1.807, 2.05) is 19.1 Å². The number of hydrogen-bond donors (Lipinski definition) is 0. The smallest absolute Gasteiger partial charge is 0.165 e. The zero-order valence-corrected chi connectivity index (χ0v) is 9.81. The summed E-state index contributed by atoms with van der Waals surface area (Å²) in [6, 6.07) is 3.86. The van der Waals surface area contributed by atoms with Gasteiger partial charge in [0.1, 0.15) is 6.07 Å². The van der Waals surface area contributed by atoms with Gasteiger partial charge in [-0.25, -0.2) is 0 Å². The SMILES string of the molecule is Cc1nnc(C#N)cc1N1CCOC2(CC2)C1. The Labute approximate surface area is 100 Å². The maximum absolute atomic E-state index is 8.87. The van der Waals surface area contributed by atoms with Crippen LogP contribution in [0.4, 0.5) is 5.69 Å². The first-order valence-corrected chi connectivity index (χ1v) is 5.86. The summed E-state index contributed by atoms with van der Waals surface area (Å²) in [6.07, 6.45) is 2.29. The number of hydrogen-bond acceptors (Lipinski definition) is 5. The Kier molecular flexibility index (Phi) is 2.26. The second kappa shape index (κ2) is 3.67. The molecule has 1 saturated heterocycles. The van der Waals surface area contributed by atoms with E-state index in [1.165, 1.54) is 0 Å². The van der Waals surface area contributed by atoms with Crippen molar-refractivity contribution >= 4 is 5.69 Å². The van der Waals surface area contributed by atoms with E-state index in [4.69, 9.17) is 10.00 Å². The van der Waals surface area contributed by atoms with Crippen molar-refractivity contribution in [1.82, 2.24) is 10.2 Å². The third-order valence-electron chi connectivity index (χ3n) is 3.46. The van der Waals surface area contributed by atoms with E-state index in [2.05, 4.69) is 15.1 Å². The van der Waals surface area contributed by atoms with E-state index in [0.717, 1.165) is 43.9 Å². The van der Waals surface area contributed by atoms with E-state index in [0.29, 0.717) is 5.69 Å². The van der Waals surface area contributed by atoms with Crippen LogP contribution in [0, 0.1) is 18.3 Å². The lowest BCUT2D eigenvalue weighted by Gasteiger charge is -2.35. The largest absolute Gasteiger partial charge is 0.371 e. The van der Waals surface area contributed by atoms with Gasteiger partial charge in [-0.3, -0.25) is 0 Å². The van der Waals surface area contributed by atoms with Crippen molar-refractivity contribution in [2.45, 2.75) is 25.4 Å². The minimum absolute atomic E-state index is 0.0841. The molecule has 1 saturated carbocycles. The molecule has 2 aliphatic rings. The molecule has 2 fully saturated rings. The van der Waals surface area contributed by atoms with Gasteiger partial charge < -0.3 is 9.64 Å². The Morgan fingerprint density at radius 2 is 2.29 bits per heavy atom. The minimum atomic E-state index is 0.0841. The van der Waals surface area contributed by atoms with Crippen LogP contribution in [0.3, 0.4) is 0 Å². The first-order chi connectivity index (χ1) is 8.22. The molecule has 0 aromatic carbocycles. The molecule has 17 heavy (non-hydrogen) atoms. The Morgan fingerprint density at radius 1 is 1.47 bits per heavy atom. The molecule has 0 unspecified atom stereocenters. The highest BCUT2D eigenvalue weighted by molar-refractivity contribution is 5.53. The highest BCUT2D eigenvalue weighted by atomic mass is 16.5. The van der Waals surface area contributed by atoms with Crippen LogP contribution in [0.15, 0.2) is 6.07 Å². The Balaban J connectivity index is 1.90. The lowest BCUT2D eigenvalue weighted by molar-refractivity contribution is 0.0205. The van der Waals surface area contributed by atoms with E-state index in [9.17, 15) is 0 Å². The highest BCUT2D eigenvalue weighted by Gasteiger charge is 2.47. The van der Waals surface area contributed by atoms with E-state index in [-0.39, 0.29) is 5.60 Å². The summed E-state index contributed by atoms with van der Waals surface area (Å²) >= 11 is 0. The van der Waals surface area contributed by atoms with Crippen molar-refractivity contribution in [3.8, 4) is 6.07 Å². The molecule has 1 aromatic rings. The lowest BCUT2D eigenvalue weighted by atomic mass is 10.2. The van der Waals surface area contributed by atoms with Gasteiger partial charge in [-0.15, -0.1) is 5.10 Å². The predicted molar refractivity (Wildman–Crippen MR) is 61.6 cm³/mol. The van der Waals surface area contributed by atoms with Gasteiger partial charge >= 0.3 is 0 Å². The number of nitrogens with zero attached hydrogens (tertiary/aromatic N) is 4. The number of aromatic nitrogens is 2. The second-order valence-corrected chi connectivity index (χ2v) is 4.77. The summed E-state index contributed by atoms with van der Waals surface area (Å²) in [5.74, 6) is 0. The predicted octanol–water partition coefficient (Wildman–Crippen LogP) is 1.03. The molecule has 1 aromatic heterocycles. The van der Waals surface area contributed by atoms with Gasteiger partial charge in [0.05, 0.1) is 23.6 Å². The molecule has 2 heterocycles. The number of rotatable bonds is 1. The summed E-state index contributed by atoms with van der Waals surface area (Å²) in [7, 11) is 0. The molecule has 1 spiro atoms. The van der Waals surface area contributed by atoms with Gasteiger partial charge in [-0.05, 0) is 19.8 Å². The molecule has 3 rings (SSSR count). The third kappa shape index (κ3) is 1.85. The first-order valence-electron chi connectivity index (χ1n) is 5.86. The van der Waals surface area contributed by atoms with E-state index >= 15 is 0 Å². The van der Waals surface area contributed by atoms with Crippen molar-refractivity contribution in [2.24, 2.45) is 0 Å². The van der Waals surface area contributed by atoms with Crippen LogP contribution in [-0.4, -0.2) is 35.5 Å². The first kappa shape index (κ1) is 10.5. The van der Waals surface area contributed by atoms with Gasteiger partial charge in [-0.2, -0.15) is 10.4 Å². The van der Waals surface area contributed by atoms with Crippen LogP contribution in [0.5, 0.6) is 0 Å². The van der Waals surface area contributed by atoms with Gasteiger partial charge in [0.2, 0.25) is 0 Å². The fraction of sp³-hybridized carbons (Fsp3) is 0.583. The lowest BCUT2D eigenvalue weighted by Crippen LogP contribution is -2.44. The zero-order valence-electron chi connectivity index (χ0n) is 9.81. The molecule has 1 aliphatic heterocycles. The molecule has 1 aliphatic carbocycles. The van der Waals surface area contributed by atoms with Crippen molar-refractivity contribution in [3.05, 3.63) is 17.5 Å². The molecule has 0 N–H and O–H groups in total. The van der Waals surface area contributed by atoms with Gasteiger partial charge in [0, 0.05) is 19.2 Å². The van der Waals surface area contributed by atoms with E-state index in [1.54, 1.807) is 0 Å². The van der Waals surface area contributed by atoms with Crippen LogP contribution in [0.1, 0.15) is 24.2 Å². The normalized spacial score (nSPS) is 21.3. The fourth-order valence-electron chi connectivity index (χ4n) is 2.31. The van der Waals surface area contributed by atoms with Crippen LogP contribution >= 0.6 is 0 Å². The summed E-state index contributed by atoms with van der Waals surface area (Å²) in [4.78, 5) is 2.27. The summed E-state index contributed by atoms with van der Waals surface area (Å²) in [5.41, 5.74) is 2.36. The summed E-state index contributed by atoms with van der Waals surface area (Å²) in [6.45, 7) is 4.45. The molecular formula is C12H14N4O. The number of aryl methyl sites for hydroxylation is 1. The molecular weight excluding hydrogens is 216 g/mol. The molecule has 0 radical (unpaired) electrons. The van der Waals surface area contributed by atoms with Crippen molar-refractivity contribution in [1.29, 1.82) is 5.26 Å². The minimum Gasteiger partial charge on any atom is -0.371 e. The Bertz CT molecular complexity index is 490. The maximum Gasteiger partial charge on any atom is 0.165 e. The number of ether oxygens (including phenoxy) is 1. The quantitative estimate of drug-likeness (QED) is 0.721. The highest BCUT2D eigenvalue weighted by Crippen LogP contribution is 2.43. The van der Waals surface area contributed by atoms with Crippen molar-refractivity contribution in [2.75, 3.05) is 24.6 Å². The molecule has 0 bridgehead atoms. The van der Waals surface area contributed by atoms with Crippen molar-refractivity contribution in [3.63, 3.8) is 0 Å². The average Bonchev–Trinajstić information content (AvgIpc) is 3.09. The Morgan fingerprint density at radius 3 is 3.00 bits per heavy atom. The van der Waals surface area contributed by atoms with Crippen LogP contribution < -0.4 is 4.90 Å². The summed E-state index contributed by atoms with van der Waals surface area (Å²) in [5, 5.41) is 16.7. The molecule has 5 heteroatoms. The van der Waals surface area contributed by atoms with Gasteiger partial charge in [-0.1, -0.05) is 0 Å². The van der Waals surface area contributed by atoms with Crippen LogP contribution in [0.2, 0.25) is 0 Å². The van der Waals surface area contributed by atoms with Crippen molar-refractivity contribution < 1.29 is 4.74 Å². The van der Waals surface area contributed by atoms with Crippen LogP contribution in [-0.2, 0) is 4.74 Å².